The number of halogens is 1. The highest BCUT2D eigenvalue weighted by atomic mass is 79.9. The highest BCUT2D eigenvalue weighted by Crippen LogP contribution is 2.27. The molecule has 0 unspecified atom stereocenters. The van der Waals surface area contributed by atoms with Gasteiger partial charge in [-0.15, -0.1) is 0 Å². The summed E-state index contributed by atoms with van der Waals surface area (Å²) in [6, 6.07) is 4.71. The number of nitrogens with zero attached hydrogens (tertiary/aromatic N) is 1. The van der Waals surface area contributed by atoms with Crippen molar-refractivity contribution in [1.29, 1.82) is 0 Å². The Morgan fingerprint density at radius 3 is 2.61 bits per heavy atom. The molecule has 1 aromatic heterocycles. The Morgan fingerprint density at radius 1 is 1.33 bits per heavy atom. The molecule has 0 radical (unpaired) electrons. The molecule has 0 saturated heterocycles. The van der Waals surface area contributed by atoms with E-state index in [2.05, 4.69) is 25.7 Å². The fourth-order valence-electron chi connectivity index (χ4n) is 1.42. The molecule has 0 saturated carbocycles. The lowest BCUT2D eigenvalue weighted by Gasteiger charge is -2.03. The van der Waals surface area contributed by atoms with Gasteiger partial charge in [0.2, 0.25) is 0 Å². The number of esters is 1. The molecular formula is C13H14BrNO3. The first-order valence-corrected chi connectivity index (χ1v) is 6.27. The summed E-state index contributed by atoms with van der Waals surface area (Å²) in [4.78, 5) is 15.4. The topological polar surface area (TPSA) is 59.4 Å². The van der Waals surface area contributed by atoms with E-state index in [1.807, 2.05) is 13.8 Å². The number of phenolic OH excluding ortho intramolecular Hbond substituents is 1. The van der Waals surface area contributed by atoms with Crippen LogP contribution in [0.15, 0.2) is 28.9 Å². The summed E-state index contributed by atoms with van der Waals surface area (Å²) in [5.41, 5.74) is 1.04. The minimum Gasteiger partial charge on any atom is -0.508 e. The average Bonchev–Trinajstić information content (AvgIpc) is 2.39. The molecule has 0 atom stereocenters. The SMILES string of the molecule is CC.COC(=O)c1cnc2c(Br)cc(O)cc2c1. The van der Waals surface area contributed by atoms with Gasteiger partial charge in [-0.05, 0) is 34.1 Å². The van der Waals surface area contributed by atoms with E-state index >= 15 is 0 Å². The number of methoxy groups -OCH3 is 1. The van der Waals surface area contributed by atoms with Gasteiger partial charge in [0.25, 0.3) is 0 Å². The Hall–Kier alpha value is -1.62. The first-order chi connectivity index (χ1) is 8.61. The van der Waals surface area contributed by atoms with Crippen molar-refractivity contribution in [2.45, 2.75) is 13.8 Å². The molecule has 0 aliphatic heterocycles. The molecule has 1 N–H and O–H groups in total. The Kier molecular flexibility index (Phi) is 5.09. The van der Waals surface area contributed by atoms with E-state index in [1.54, 1.807) is 18.2 Å². The van der Waals surface area contributed by atoms with E-state index < -0.39 is 5.97 Å². The van der Waals surface area contributed by atoms with Crippen LogP contribution in [0.5, 0.6) is 5.75 Å². The lowest BCUT2D eigenvalue weighted by atomic mass is 10.1. The van der Waals surface area contributed by atoms with Crippen LogP contribution in [0.25, 0.3) is 10.9 Å². The minimum atomic E-state index is -0.450. The molecule has 18 heavy (non-hydrogen) atoms. The molecule has 0 spiro atoms. The average molecular weight is 312 g/mol. The summed E-state index contributed by atoms with van der Waals surface area (Å²) in [6.07, 6.45) is 1.44. The van der Waals surface area contributed by atoms with Gasteiger partial charge in [-0.2, -0.15) is 0 Å². The summed E-state index contributed by atoms with van der Waals surface area (Å²) in [5.74, 6) is -0.336. The second-order valence-electron chi connectivity index (χ2n) is 3.21. The molecule has 1 heterocycles. The van der Waals surface area contributed by atoms with Gasteiger partial charge in [0.15, 0.2) is 0 Å². The number of fused-ring (bicyclic) bond motifs is 1. The van der Waals surface area contributed by atoms with E-state index in [9.17, 15) is 9.90 Å². The zero-order valence-corrected chi connectivity index (χ0v) is 12.0. The maximum Gasteiger partial charge on any atom is 0.339 e. The lowest BCUT2D eigenvalue weighted by molar-refractivity contribution is 0.0600. The molecule has 0 fully saturated rings. The van der Waals surface area contributed by atoms with Crippen molar-refractivity contribution in [3.05, 3.63) is 34.4 Å². The number of ether oxygens (including phenoxy) is 1. The second-order valence-corrected chi connectivity index (χ2v) is 4.07. The Morgan fingerprint density at radius 2 is 2.00 bits per heavy atom. The molecule has 0 aliphatic rings. The quantitative estimate of drug-likeness (QED) is 0.819. The number of carbonyl (C=O) groups is 1. The molecule has 2 aromatic rings. The summed E-state index contributed by atoms with van der Waals surface area (Å²) in [5, 5.41) is 10.1. The first-order valence-electron chi connectivity index (χ1n) is 5.48. The summed E-state index contributed by atoms with van der Waals surface area (Å²) in [7, 11) is 1.31. The maximum atomic E-state index is 11.3. The third kappa shape index (κ3) is 2.98. The predicted octanol–water partition coefficient (Wildman–Crippen LogP) is 3.52. The van der Waals surface area contributed by atoms with Crippen molar-refractivity contribution in [2.24, 2.45) is 0 Å². The van der Waals surface area contributed by atoms with Crippen molar-refractivity contribution in [3.63, 3.8) is 0 Å². The number of phenols is 1. The molecule has 0 aliphatic carbocycles. The zero-order valence-electron chi connectivity index (χ0n) is 10.4. The predicted molar refractivity (Wildman–Crippen MR) is 73.8 cm³/mol. The zero-order chi connectivity index (χ0) is 13.7. The number of aromatic nitrogens is 1. The lowest BCUT2D eigenvalue weighted by Crippen LogP contribution is -2.01. The molecule has 4 nitrogen and oxygen atoms in total. The van der Waals surface area contributed by atoms with Crippen LogP contribution >= 0.6 is 15.9 Å². The van der Waals surface area contributed by atoms with E-state index in [0.717, 1.165) is 0 Å². The van der Waals surface area contributed by atoms with E-state index in [-0.39, 0.29) is 5.75 Å². The van der Waals surface area contributed by atoms with Crippen LogP contribution in [0.3, 0.4) is 0 Å². The minimum absolute atomic E-state index is 0.114. The Labute approximate surface area is 114 Å². The number of hydrogen-bond donors (Lipinski definition) is 1. The van der Waals surface area contributed by atoms with E-state index in [0.29, 0.717) is 20.9 Å². The molecular weight excluding hydrogens is 298 g/mol. The second kappa shape index (κ2) is 6.35. The van der Waals surface area contributed by atoms with Crippen molar-refractivity contribution in [2.75, 3.05) is 7.11 Å². The number of carbonyl (C=O) groups excluding carboxylic acids is 1. The monoisotopic (exact) mass is 311 g/mol. The highest BCUT2D eigenvalue weighted by Gasteiger charge is 2.09. The number of hydrogen-bond acceptors (Lipinski definition) is 4. The molecule has 96 valence electrons. The largest absolute Gasteiger partial charge is 0.508 e. The first kappa shape index (κ1) is 14.4. The van der Waals surface area contributed by atoms with Gasteiger partial charge >= 0.3 is 5.97 Å². The van der Waals surface area contributed by atoms with Crippen LogP contribution in [0.1, 0.15) is 24.2 Å². The summed E-state index contributed by atoms with van der Waals surface area (Å²) < 4.78 is 5.27. The van der Waals surface area contributed by atoms with E-state index in [4.69, 9.17) is 0 Å². The van der Waals surface area contributed by atoms with Crippen molar-refractivity contribution in [1.82, 2.24) is 4.98 Å². The van der Waals surface area contributed by atoms with Crippen molar-refractivity contribution < 1.29 is 14.6 Å². The van der Waals surface area contributed by atoms with Gasteiger partial charge in [-0.3, -0.25) is 4.98 Å². The van der Waals surface area contributed by atoms with Gasteiger partial charge in [0.05, 0.1) is 18.2 Å². The van der Waals surface area contributed by atoms with Crippen LogP contribution in [-0.4, -0.2) is 23.2 Å². The van der Waals surface area contributed by atoms with E-state index in [1.165, 1.54) is 13.3 Å². The van der Waals surface area contributed by atoms with Gasteiger partial charge in [0.1, 0.15) is 5.75 Å². The van der Waals surface area contributed by atoms with Crippen LogP contribution < -0.4 is 0 Å². The highest BCUT2D eigenvalue weighted by molar-refractivity contribution is 9.10. The van der Waals surface area contributed by atoms with Crippen LogP contribution in [0.4, 0.5) is 0 Å². The number of rotatable bonds is 1. The Balaban J connectivity index is 0.000000771. The number of pyridine rings is 1. The fourth-order valence-corrected chi connectivity index (χ4v) is 1.99. The molecule has 2 rings (SSSR count). The molecule has 1 aromatic carbocycles. The Bertz CT molecular complexity index is 569. The third-order valence-electron chi connectivity index (χ3n) is 2.14. The van der Waals surface area contributed by atoms with Crippen molar-refractivity contribution >= 4 is 32.8 Å². The molecule has 0 bridgehead atoms. The van der Waals surface area contributed by atoms with Crippen molar-refractivity contribution in [3.8, 4) is 5.75 Å². The number of aromatic hydroxyl groups is 1. The van der Waals surface area contributed by atoms with Gasteiger partial charge < -0.3 is 9.84 Å². The molecule has 0 amide bonds. The fraction of sp³-hybridized carbons (Fsp3) is 0.231. The molecule has 5 heteroatoms. The maximum absolute atomic E-state index is 11.3. The van der Waals surface area contributed by atoms with Crippen LogP contribution in [-0.2, 0) is 4.74 Å². The van der Waals surface area contributed by atoms with Crippen LogP contribution in [0.2, 0.25) is 0 Å². The third-order valence-corrected chi connectivity index (χ3v) is 2.75. The normalized spacial score (nSPS) is 9.56. The summed E-state index contributed by atoms with van der Waals surface area (Å²) in [6.45, 7) is 4.00. The van der Waals surface area contributed by atoms with Gasteiger partial charge in [-0.25, -0.2) is 4.79 Å². The standard InChI is InChI=1S/C11H8BrNO3.C2H6/c1-16-11(15)7-2-6-3-8(14)4-9(12)10(6)13-5-7;1-2/h2-5,14H,1H3;1-2H3. The van der Waals surface area contributed by atoms with Gasteiger partial charge in [-0.1, -0.05) is 13.8 Å². The smallest absolute Gasteiger partial charge is 0.339 e. The van der Waals surface area contributed by atoms with Crippen LogP contribution in [0, 0.1) is 0 Å². The summed E-state index contributed by atoms with van der Waals surface area (Å²) >= 11 is 3.29. The number of benzene rings is 1. The van der Waals surface area contributed by atoms with Gasteiger partial charge in [0, 0.05) is 16.1 Å².